The summed E-state index contributed by atoms with van der Waals surface area (Å²) < 4.78 is 44.7. The van der Waals surface area contributed by atoms with Crippen LogP contribution in [0.2, 0.25) is 0 Å². The number of halogens is 3. The van der Waals surface area contributed by atoms with Crippen LogP contribution in [0.15, 0.2) is 66.7 Å². The Labute approximate surface area is 207 Å². The lowest BCUT2D eigenvalue weighted by atomic mass is 10.1. The molecule has 1 heterocycles. The molecular formula is C25H27F3N4O2S. The quantitative estimate of drug-likeness (QED) is 0.305. The van der Waals surface area contributed by atoms with Crippen molar-refractivity contribution >= 4 is 24.2 Å². The molecule has 0 saturated carbocycles. The van der Waals surface area contributed by atoms with Gasteiger partial charge in [0.2, 0.25) is 5.88 Å². The number of anilines is 1. The molecule has 0 bridgehead atoms. The lowest BCUT2D eigenvalue weighted by Crippen LogP contribution is -2.36. The minimum atomic E-state index is -4.45. The normalized spacial score (nSPS) is 13.1. The van der Waals surface area contributed by atoms with Crippen LogP contribution < -0.4 is 21.1 Å². The molecule has 0 aliphatic rings. The van der Waals surface area contributed by atoms with Gasteiger partial charge < -0.3 is 21.1 Å². The molecule has 1 amide bonds. The molecule has 3 rings (SSSR count). The smallest absolute Gasteiger partial charge is 0.416 e. The highest BCUT2D eigenvalue weighted by molar-refractivity contribution is 7.80. The third-order valence-electron chi connectivity index (χ3n) is 5.10. The van der Waals surface area contributed by atoms with E-state index in [2.05, 4.69) is 28.2 Å². The van der Waals surface area contributed by atoms with E-state index >= 15 is 0 Å². The molecule has 35 heavy (non-hydrogen) atoms. The van der Waals surface area contributed by atoms with E-state index in [-0.39, 0.29) is 18.5 Å². The maximum Gasteiger partial charge on any atom is 0.416 e. The summed E-state index contributed by atoms with van der Waals surface area (Å²) in [5.41, 5.74) is 7.57. The zero-order valence-corrected chi connectivity index (χ0v) is 19.9. The lowest BCUT2D eigenvalue weighted by molar-refractivity contribution is -0.137. The second kappa shape index (κ2) is 11.9. The minimum absolute atomic E-state index is 0.0736. The van der Waals surface area contributed by atoms with Crippen molar-refractivity contribution in [2.24, 2.45) is 5.73 Å². The molecule has 186 valence electrons. The molecular weight excluding hydrogens is 477 g/mol. The molecule has 0 aliphatic heterocycles. The summed E-state index contributed by atoms with van der Waals surface area (Å²) in [7, 11) is 0. The molecule has 0 fully saturated rings. The number of pyridine rings is 1. The van der Waals surface area contributed by atoms with Crippen LogP contribution in [-0.4, -0.2) is 35.3 Å². The number of nitrogens with zero attached hydrogens (tertiary/aromatic N) is 1. The number of alkyl halides is 3. The average molecular weight is 505 g/mol. The Balaban J connectivity index is 1.73. The first-order valence-electron chi connectivity index (χ1n) is 10.9. The Kier molecular flexibility index (Phi) is 9.00. The molecule has 4 N–H and O–H groups in total. The van der Waals surface area contributed by atoms with E-state index in [1.807, 2.05) is 36.4 Å². The number of carbonyl (C=O) groups excluding carboxylic acids is 1. The third-order valence-corrected chi connectivity index (χ3v) is 5.57. The van der Waals surface area contributed by atoms with E-state index in [9.17, 15) is 18.0 Å². The number of aromatic nitrogens is 1. The van der Waals surface area contributed by atoms with Crippen LogP contribution >= 0.6 is 12.6 Å². The number of thiol groups is 1. The van der Waals surface area contributed by atoms with Crippen molar-refractivity contribution in [3.8, 4) is 17.1 Å². The summed E-state index contributed by atoms with van der Waals surface area (Å²) in [4.78, 5) is 17.2. The van der Waals surface area contributed by atoms with Crippen molar-refractivity contribution < 1.29 is 22.7 Å². The summed E-state index contributed by atoms with van der Waals surface area (Å²) in [6.45, 7) is 1.89. The second-order valence-electron chi connectivity index (χ2n) is 7.91. The first kappa shape index (κ1) is 26.4. The van der Waals surface area contributed by atoms with Gasteiger partial charge in [-0.25, -0.2) is 4.98 Å². The SMILES string of the molecule is CC(Oc1nc(-c2ccccc2)ccc1NCC(N)CS)C(=O)NCc1cccc(C(F)(F)F)c1. The lowest BCUT2D eigenvalue weighted by Gasteiger charge is -2.19. The van der Waals surface area contributed by atoms with E-state index < -0.39 is 23.8 Å². The van der Waals surface area contributed by atoms with Gasteiger partial charge in [0.1, 0.15) is 0 Å². The van der Waals surface area contributed by atoms with Gasteiger partial charge in [-0.1, -0.05) is 42.5 Å². The van der Waals surface area contributed by atoms with Gasteiger partial charge in [-0.3, -0.25) is 4.79 Å². The van der Waals surface area contributed by atoms with Crippen molar-refractivity contribution in [2.75, 3.05) is 17.6 Å². The highest BCUT2D eigenvalue weighted by atomic mass is 32.1. The number of ether oxygens (including phenoxy) is 1. The van der Waals surface area contributed by atoms with Crippen molar-refractivity contribution in [1.82, 2.24) is 10.3 Å². The zero-order valence-electron chi connectivity index (χ0n) is 19.0. The van der Waals surface area contributed by atoms with E-state index in [0.717, 1.165) is 17.7 Å². The Morgan fingerprint density at radius 1 is 1.11 bits per heavy atom. The van der Waals surface area contributed by atoms with Crippen LogP contribution in [-0.2, 0) is 17.5 Å². The van der Waals surface area contributed by atoms with E-state index in [0.29, 0.717) is 29.2 Å². The standard InChI is InChI=1S/C25H27F3N4O2S/c1-16(23(33)31-13-17-6-5-9-19(12-17)25(26,27)28)34-24-22(30-14-20(29)15-35)11-10-21(32-24)18-7-3-2-4-8-18/h2-12,16,20,30,35H,13-15,29H2,1H3,(H,31,33). The van der Waals surface area contributed by atoms with Crippen LogP contribution in [0.25, 0.3) is 11.3 Å². The predicted molar refractivity (Wildman–Crippen MR) is 133 cm³/mol. The molecule has 3 aromatic rings. The largest absolute Gasteiger partial charge is 0.463 e. The monoisotopic (exact) mass is 504 g/mol. The summed E-state index contributed by atoms with van der Waals surface area (Å²) in [5.74, 6) is 0.194. The van der Waals surface area contributed by atoms with Crippen molar-refractivity contribution in [2.45, 2.75) is 31.8 Å². The predicted octanol–water partition coefficient (Wildman–Crippen LogP) is 4.52. The molecule has 6 nitrogen and oxygen atoms in total. The Bertz CT molecular complexity index is 1130. The molecule has 2 atom stereocenters. The molecule has 0 spiro atoms. The van der Waals surface area contributed by atoms with Gasteiger partial charge in [0.05, 0.1) is 16.9 Å². The number of rotatable bonds is 10. The van der Waals surface area contributed by atoms with Gasteiger partial charge in [-0.05, 0) is 36.8 Å². The summed E-state index contributed by atoms with van der Waals surface area (Å²) in [5, 5.41) is 5.78. The van der Waals surface area contributed by atoms with Crippen LogP contribution in [0, 0.1) is 0 Å². The molecule has 0 radical (unpaired) electrons. The second-order valence-corrected chi connectivity index (χ2v) is 8.28. The average Bonchev–Trinajstić information content (AvgIpc) is 2.86. The van der Waals surface area contributed by atoms with Crippen molar-refractivity contribution in [1.29, 1.82) is 0 Å². The Hall–Kier alpha value is -3.24. The van der Waals surface area contributed by atoms with E-state index in [4.69, 9.17) is 10.5 Å². The molecule has 0 saturated heterocycles. The number of hydrogen-bond acceptors (Lipinski definition) is 6. The molecule has 2 aromatic carbocycles. The van der Waals surface area contributed by atoms with Gasteiger partial charge >= 0.3 is 6.18 Å². The summed E-state index contributed by atoms with van der Waals surface area (Å²) in [6.07, 6.45) is -5.41. The summed E-state index contributed by atoms with van der Waals surface area (Å²) >= 11 is 4.18. The third kappa shape index (κ3) is 7.63. The maximum absolute atomic E-state index is 12.9. The molecule has 2 unspecified atom stereocenters. The Morgan fingerprint density at radius 3 is 2.54 bits per heavy atom. The first-order valence-corrected chi connectivity index (χ1v) is 11.6. The highest BCUT2D eigenvalue weighted by Gasteiger charge is 2.30. The van der Waals surface area contributed by atoms with Gasteiger partial charge in [-0.2, -0.15) is 25.8 Å². The van der Waals surface area contributed by atoms with Crippen LogP contribution in [0.5, 0.6) is 5.88 Å². The fourth-order valence-electron chi connectivity index (χ4n) is 3.15. The van der Waals surface area contributed by atoms with E-state index in [1.54, 1.807) is 13.0 Å². The molecule has 0 aliphatic carbocycles. The topological polar surface area (TPSA) is 89.3 Å². The zero-order chi connectivity index (χ0) is 25.4. The van der Waals surface area contributed by atoms with Gasteiger partial charge in [0.15, 0.2) is 6.10 Å². The maximum atomic E-state index is 12.9. The van der Waals surface area contributed by atoms with Crippen LogP contribution in [0.1, 0.15) is 18.1 Å². The van der Waals surface area contributed by atoms with Crippen LogP contribution in [0.4, 0.5) is 18.9 Å². The van der Waals surface area contributed by atoms with Gasteiger partial charge in [0, 0.05) is 30.4 Å². The highest BCUT2D eigenvalue weighted by Crippen LogP contribution is 2.30. The Morgan fingerprint density at radius 2 is 1.86 bits per heavy atom. The number of benzene rings is 2. The first-order chi connectivity index (χ1) is 16.7. The number of hydrogen-bond donors (Lipinski definition) is 4. The summed E-state index contributed by atoms with van der Waals surface area (Å²) in [6, 6.07) is 17.7. The van der Waals surface area contributed by atoms with Crippen molar-refractivity contribution in [3.05, 3.63) is 77.9 Å². The van der Waals surface area contributed by atoms with Crippen LogP contribution in [0.3, 0.4) is 0 Å². The van der Waals surface area contributed by atoms with Gasteiger partial charge in [0.25, 0.3) is 5.91 Å². The minimum Gasteiger partial charge on any atom is -0.463 e. The van der Waals surface area contributed by atoms with Gasteiger partial charge in [-0.15, -0.1) is 0 Å². The number of amides is 1. The fraction of sp³-hybridized carbons (Fsp3) is 0.280. The number of carbonyl (C=O) groups is 1. The molecule has 1 aromatic heterocycles. The van der Waals surface area contributed by atoms with Crippen molar-refractivity contribution in [3.63, 3.8) is 0 Å². The number of nitrogens with one attached hydrogen (secondary N) is 2. The van der Waals surface area contributed by atoms with E-state index in [1.165, 1.54) is 12.1 Å². The number of nitrogens with two attached hydrogens (primary N) is 1. The molecule has 10 heteroatoms. The fourth-order valence-corrected chi connectivity index (χ4v) is 3.28.